The standard InChI is InChI=1S/C16H22N2O2/c1-13-3-4-14(2)15(11-13)16(20)5-6-17-7-9-18(12-19)10-8-17/h3-4,11-12H,5-10H2,1-2H3. The Morgan fingerprint density at radius 1 is 1.20 bits per heavy atom. The molecule has 0 saturated carbocycles. The van der Waals surface area contributed by atoms with Crippen LogP contribution in [-0.4, -0.2) is 54.7 Å². The van der Waals surface area contributed by atoms with Crippen molar-refractivity contribution in [1.82, 2.24) is 9.80 Å². The van der Waals surface area contributed by atoms with Gasteiger partial charge in [-0.15, -0.1) is 0 Å². The molecule has 0 radical (unpaired) electrons. The number of nitrogens with zero attached hydrogens (tertiary/aromatic N) is 2. The summed E-state index contributed by atoms with van der Waals surface area (Å²) in [5, 5.41) is 0. The Morgan fingerprint density at radius 2 is 1.90 bits per heavy atom. The molecule has 0 spiro atoms. The highest BCUT2D eigenvalue weighted by Gasteiger charge is 2.17. The summed E-state index contributed by atoms with van der Waals surface area (Å²) < 4.78 is 0. The SMILES string of the molecule is Cc1ccc(C)c(C(=O)CCN2CCN(C=O)CC2)c1. The van der Waals surface area contributed by atoms with Crippen LogP contribution in [-0.2, 0) is 4.79 Å². The Labute approximate surface area is 120 Å². The molecule has 1 amide bonds. The number of hydrogen-bond donors (Lipinski definition) is 0. The molecule has 1 aliphatic rings. The molecule has 1 saturated heterocycles. The van der Waals surface area contributed by atoms with Gasteiger partial charge in [0.15, 0.2) is 5.78 Å². The molecule has 0 aliphatic carbocycles. The Bertz CT molecular complexity index is 491. The average molecular weight is 274 g/mol. The number of carbonyl (C=O) groups is 2. The lowest BCUT2D eigenvalue weighted by Gasteiger charge is -2.32. The Balaban J connectivity index is 1.86. The third kappa shape index (κ3) is 3.67. The molecule has 2 rings (SSSR count). The van der Waals surface area contributed by atoms with Crippen LogP contribution in [0.2, 0.25) is 0 Å². The molecule has 4 nitrogen and oxygen atoms in total. The zero-order valence-electron chi connectivity index (χ0n) is 12.3. The molecule has 0 unspecified atom stereocenters. The van der Waals surface area contributed by atoms with E-state index >= 15 is 0 Å². The number of benzene rings is 1. The van der Waals surface area contributed by atoms with Gasteiger partial charge in [0, 0.05) is 44.7 Å². The van der Waals surface area contributed by atoms with Crippen molar-refractivity contribution in [1.29, 1.82) is 0 Å². The van der Waals surface area contributed by atoms with Crippen LogP contribution in [0.1, 0.15) is 27.9 Å². The third-order valence-electron chi connectivity index (χ3n) is 3.90. The van der Waals surface area contributed by atoms with Crippen LogP contribution < -0.4 is 0 Å². The minimum atomic E-state index is 0.212. The summed E-state index contributed by atoms with van der Waals surface area (Å²) >= 11 is 0. The smallest absolute Gasteiger partial charge is 0.209 e. The van der Waals surface area contributed by atoms with E-state index in [1.807, 2.05) is 32.0 Å². The number of carbonyl (C=O) groups excluding carboxylic acids is 2. The molecule has 108 valence electrons. The second kappa shape index (κ2) is 6.66. The van der Waals surface area contributed by atoms with Crippen molar-refractivity contribution in [2.24, 2.45) is 0 Å². The normalized spacial score (nSPS) is 16.2. The van der Waals surface area contributed by atoms with E-state index in [4.69, 9.17) is 0 Å². The quantitative estimate of drug-likeness (QED) is 0.605. The van der Waals surface area contributed by atoms with Gasteiger partial charge >= 0.3 is 0 Å². The van der Waals surface area contributed by atoms with Crippen LogP contribution in [0.4, 0.5) is 0 Å². The summed E-state index contributed by atoms with van der Waals surface area (Å²) in [7, 11) is 0. The molecule has 0 bridgehead atoms. The first-order valence-corrected chi connectivity index (χ1v) is 7.12. The fourth-order valence-corrected chi connectivity index (χ4v) is 2.52. The molecule has 4 heteroatoms. The van der Waals surface area contributed by atoms with Gasteiger partial charge in [-0.3, -0.25) is 14.5 Å². The highest BCUT2D eigenvalue weighted by atomic mass is 16.1. The van der Waals surface area contributed by atoms with Crippen LogP contribution in [0, 0.1) is 13.8 Å². The Morgan fingerprint density at radius 3 is 2.55 bits per heavy atom. The maximum absolute atomic E-state index is 12.3. The minimum Gasteiger partial charge on any atom is -0.343 e. The monoisotopic (exact) mass is 274 g/mol. The predicted octanol–water partition coefficient (Wildman–Crippen LogP) is 1.65. The zero-order valence-corrected chi connectivity index (χ0v) is 12.3. The number of piperazine rings is 1. The van der Waals surface area contributed by atoms with E-state index in [2.05, 4.69) is 4.90 Å². The van der Waals surface area contributed by atoms with E-state index < -0.39 is 0 Å². The predicted molar refractivity (Wildman–Crippen MR) is 78.9 cm³/mol. The van der Waals surface area contributed by atoms with Crippen LogP contribution in [0.5, 0.6) is 0 Å². The van der Waals surface area contributed by atoms with Crippen molar-refractivity contribution < 1.29 is 9.59 Å². The van der Waals surface area contributed by atoms with Crippen LogP contribution in [0.25, 0.3) is 0 Å². The van der Waals surface area contributed by atoms with Gasteiger partial charge < -0.3 is 4.90 Å². The molecule has 1 aliphatic heterocycles. The molecule has 1 heterocycles. The number of aryl methyl sites for hydroxylation is 2. The highest BCUT2D eigenvalue weighted by molar-refractivity contribution is 5.97. The van der Waals surface area contributed by atoms with E-state index in [1.54, 1.807) is 4.90 Å². The maximum Gasteiger partial charge on any atom is 0.209 e. The van der Waals surface area contributed by atoms with E-state index in [-0.39, 0.29) is 5.78 Å². The van der Waals surface area contributed by atoms with Crippen molar-refractivity contribution >= 4 is 12.2 Å². The van der Waals surface area contributed by atoms with Crippen LogP contribution in [0.15, 0.2) is 18.2 Å². The van der Waals surface area contributed by atoms with Gasteiger partial charge in [-0.05, 0) is 25.5 Å². The zero-order chi connectivity index (χ0) is 14.5. The number of ketones is 1. The van der Waals surface area contributed by atoms with Gasteiger partial charge in [0.2, 0.25) is 6.41 Å². The first-order chi connectivity index (χ1) is 9.60. The van der Waals surface area contributed by atoms with Gasteiger partial charge in [0.25, 0.3) is 0 Å². The van der Waals surface area contributed by atoms with E-state index in [1.165, 1.54) is 0 Å². The van der Waals surface area contributed by atoms with E-state index in [0.717, 1.165) is 55.8 Å². The molecule has 0 aromatic heterocycles. The summed E-state index contributed by atoms with van der Waals surface area (Å²) in [5.41, 5.74) is 3.02. The van der Waals surface area contributed by atoms with Gasteiger partial charge in [0.05, 0.1) is 0 Å². The van der Waals surface area contributed by atoms with E-state index in [0.29, 0.717) is 6.42 Å². The third-order valence-corrected chi connectivity index (χ3v) is 3.90. The second-order valence-electron chi connectivity index (χ2n) is 5.47. The summed E-state index contributed by atoms with van der Waals surface area (Å²) in [6.45, 7) is 8.02. The Hall–Kier alpha value is -1.68. The van der Waals surface area contributed by atoms with Crippen LogP contribution >= 0.6 is 0 Å². The summed E-state index contributed by atoms with van der Waals surface area (Å²) in [6, 6.07) is 6.01. The lowest BCUT2D eigenvalue weighted by Crippen LogP contribution is -2.46. The van der Waals surface area contributed by atoms with Gasteiger partial charge in [-0.25, -0.2) is 0 Å². The largest absolute Gasteiger partial charge is 0.343 e. The van der Waals surface area contributed by atoms with E-state index in [9.17, 15) is 9.59 Å². The molecule has 1 fully saturated rings. The summed E-state index contributed by atoms with van der Waals surface area (Å²) in [5.74, 6) is 0.212. The first-order valence-electron chi connectivity index (χ1n) is 7.12. The number of Topliss-reactive ketones (excluding diaryl/α,β-unsaturated/α-hetero) is 1. The second-order valence-corrected chi connectivity index (χ2v) is 5.47. The van der Waals surface area contributed by atoms with Crippen LogP contribution in [0.3, 0.4) is 0 Å². The van der Waals surface area contributed by atoms with Crippen molar-refractivity contribution in [3.05, 3.63) is 34.9 Å². The average Bonchev–Trinajstić information content (AvgIpc) is 2.47. The molecular weight excluding hydrogens is 252 g/mol. The molecule has 20 heavy (non-hydrogen) atoms. The lowest BCUT2D eigenvalue weighted by molar-refractivity contribution is -0.119. The minimum absolute atomic E-state index is 0.212. The van der Waals surface area contributed by atoms with Crippen molar-refractivity contribution in [2.45, 2.75) is 20.3 Å². The van der Waals surface area contributed by atoms with Gasteiger partial charge in [0.1, 0.15) is 0 Å². The number of amides is 1. The number of rotatable bonds is 5. The molecular formula is C16H22N2O2. The lowest BCUT2D eigenvalue weighted by atomic mass is 10.00. The fourth-order valence-electron chi connectivity index (χ4n) is 2.52. The van der Waals surface area contributed by atoms with Crippen molar-refractivity contribution in [2.75, 3.05) is 32.7 Å². The molecule has 0 atom stereocenters. The van der Waals surface area contributed by atoms with Crippen molar-refractivity contribution in [3.8, 4) is 0 Å². The van der Waals surface area contributed by atoms with Gasteiger partial charge in [-0.2, -0.15) is 0 Å². The molecule has 1 aromatic rings. The molecule has 0 N–H and O–H groups in total. The molecule has 1 aromatic carbocycles. The first kappa shape index (κ1) is 14.7. The van der Waals surface area contributed by atoms with Gasteiger partial charge in [-0.1, -0.05) is 17.7 Å². The highest BCUT2D eigenvalue weighted by Crippen LogP contribution is 2.13. The maximum atomic E-state index is 12.3. The summed E-state index contributed by atoms with van der Waals surface area (Å²) in [6.07, 6.45) is 1.45. The fraction of sp³-hybridized carbons (Fsp3) is 0.500. The Kier molecular flexibility index (Phi) is 4.90. The van der Waals surface area contributed by atoms with Crippen molar-refractivity contribution in [3.63, 3.8) is 0 Å². The summed E-state index contributed by atoms with van der Waals surface area (Å²) in [4.78, 5) is 27.0. The number of hydrogen-bond acceptors (Lipinski definition) is 3. The topological polar surface area (TPSA) is 40.6 Å².